The minimum Gasteiger partial charge on any atom is -0.478 e. The number of rotatable bonds is 4. The number of carbonyl (C=O) groups is 2. The van der Waals surface area contributed by atoms with Crippen molar-refractivity contribution in [3.05, 3.63) is 35.4 Å². The topological polar surface area (TPSA) is 69.6 Å². The van der Waals surface area contributed by atoms with Gasteiger partial charge in [-0.1, -0.05) is 12.1 Å². The van der Waals surface area contributed by atoms with E-state index in [2.05, 4.69) is 10.2 Å². The Morgan fingerprint density at radius 3 is 2.58 bits per heavy atom. The summed E-state index contributed by atoms with van der Waals surface area (Å²) in [5.74, 6) is -0.898. The third-order valence-electron chi connectivity index (χ3n) is 3.49. The molecule has 5 heteroatoms. The Kier molecular flexibility index (Phi) is 4.16. The maximum atomic E-state index is 12.0. The molecule has 2 rings (SSSR count). The van der Waals surface area contributed by atoms with Crippen LogP contribution in [0.25, 0.3) is 0 Å². The van der Waals surface area contributed by atoms with Crippen LogP contribution in [0.5, 0.6) is 0 Å². The molecule has 1 amide bonds. The van der Waals surface area contributed by atoms with Crippen molar-refractivity contribution in [2.75, 3.05) is 13.6 Å². The van der Waals surface area contributed by atoms with Gasteiger partial charge in [0.25, 0.3) is 0 Å². The van der Waals surface area contributed by atoms with Crippen molar-refractivity contribution < 1.29 is 14.7 Å². The monoisotopic (exact) mass is 262 g/mol. The van der Waals surface area contributed by atoms with Crippen LogP contribution in [0.15, 0.2) is 24.3 Å². The number of hydrogen-bond donors (Lipinski definition) is 2. The Bertz CT molecular complexity index is 470. The maximum absolute atomic E-state index is 12.0. The summed E-state index contributed by atoms with van der Waals surface area (Å²) in [5, 5.41) is 11.7. The van der Waals surface area contributed by atoms with E-state index in [0.717, 1.165) is 24.9 Å². The van der Waals surface area contributed by atoms with E-state index in [4.69, 9.17) is 5.11 Å². The maximum Gasteiger partial charge on any atom is 0.335 e. The first-order chi connectivity index (χ1) is 9.08. The van der Waals surface area contributed by atoms with Crippen molar-refractivity contribution in [3.8, 4) is 0 Å². The van der Waals surface area contributed by atoms with Gasteiger partial charge >= 0.3 is 5.97 Å². The van der Waals surface area contributed by atoms with Gasteiger partial charge in [-0.3, -0.25) is 9.69 Å². The van der Waals surface area contributed by atoms with Crippen LogP contribution >= 0.6 is 0 Å². The Hall–Kier alpha value is -1.88. The van der Waals surface area contributed by atoms with E-state index >= 15 is 0 Å². The lowest BCUT2D eigenvalue weighted by atomic mass is 10.1. The van der Waals surface area contributed by atoms with Gasteiger partial charge in [0.1, 0.15) is 0 Å². The Morgan fingerprint density at radius 1 is 1.37 bits per heavy atom. The lowest BCUT2D eigenvalue weighted by molar-refractivity contribution is -0.125. The van der Waals surface area contributed by atoms with E-state index in [0.29, 0.717) is 6.54 Å². The fourth-order valence-corrected chi connectivity index (χ4v) is 2.31. The van der Waals surface area contributed by atoms with E-state index in [1.807, 2.05) is 7.05 Å². The lowest BCUT2D eigenvalue weighted by Gasteiger charge is -2.18. The number of carboxylic acids is 1. The molecule has 19 heavy (non-hydrogen) atoms. The van der Waals surface area contributed by atoms with Gasteiger partial charge in [0.2, 0.25) is 5.91 Å². The zero-order valence-corrected chi connectivity index (χ0v) is 10.9. The van der Waals surface area contributed by atoms with Crippen LogP contribution in [0.2, 0.25) is 0 Å². The summed E-state index contributed by atoms with van der Waals surface area (Å²) < 4.78 is 0. The lowest BCUT2D eigenvalue weighted by Crippen LogP contribution is -2.41. The number of aromatic carboxylic acids is 1. The number of benzene rings is 1. The Morgan fingerprint density at radius 2 is 2.05 bits per heavy atom. The fourth-order valence-electron chi connectivity index (χ4n) is 2.31. The van der Waals surface area contributed by atoms with Gasteiger partial charge in [0, 0.05) is 6.54 Å². The van der Waals surface area contributed by atoms with Gasteiger partial charge in [-0.15, -0.1) is 0 Å². The summed E-state index contributed by atoms with van der Waals surface area (Å²) in [6.45, 7) is 1.40. The van der Waals surface area contributed by atoms with Gasteiger partial charge < -0.3 is 10.4 Å². The molecule has 102 valence electrons. The summed E-state index contributed by atoms with van der Waals surface area (Å²) in [6.07, 6.45) is 1.96. The third-order valence-corrected chi connectivity index (χ3v) is 3.49. The molecular formula is C14H18N2O3. The van der Waals surface area contributed by atoms with Crippen molar-refractivity contribution in [1.82, 2.24) is 10.2 Å². The molecular weight excluding hydrogens is 244 g/mol. The predicted octanol–water partition coefficient (Wildman–Crippen LogP) is 1.10. The van der Waals surface area contributed by atoms with Crippen LogP contribution in [-0.2, 0) is 11.3 Å². The molecule has 2 N–H and O–H groups in total. The molecule has 1 heterocycles. The van der Waals surface area contributed by atoms with Gasteiger partial charge in [-0.05, 0) is 44.1 Å². The number of hydrogen-bond acceptors (Lipinski definition) is 3. The molecule has 1 atom stereocenters. The van der Waals surface area contributed by atoms with Crippen LogP contribution in [-0.4, -0.2) is 41.5 Å². The van der Waals surface area contributed by atoms with E-state index in [1.54, 1.807) is 24.3 Å². The molecule has 0 unspecified atom stereocenters. The van der Waals surface area contributed by atoms with E-state index < -0.39 is 5.97 Å². The predicted molar refractivity (Wildman–Crippen MR) is 70.9 cm³/mol. The van der Waals surface area contributed by atoms with Crippen molar-refractivity contribution in [2.45, 2.75) is 25.4 Å². The summed E-state index contributed by atoms with van der Waals surface area (Å²) >= 11 is 0. The standard InChI is InChI=1S/C14H18N2O3/c1-16-8-2-3-12(16)13(17)15-9-10-4-6-11(7-5-10)14(18)19/h4-7,12H,2-3,8-9H2,1H3,(H,15,17)(H,18,19)/t12-/m0/s1. The van der Waals surface area contributed by atoms with Gasteiger partial charge in [-0.25, -0.2) is 4.79 Å². The minimum absolute atomic E-state index is 0.0294. The summed E-state index contributed by atoms with van der Waals surface area (Å²) in [6, 6.07) is 6.51. The molecule has 0 aromatic heterocycles. The van der Waals surface area contributed by atoms with E-state index in [1.165, 1.54) is 0 Å². The molecule has 1 aliphatic heterocycles. The average molecular weight is 262 g/mol. The molecule has 0 saturated carbocycles. The normalized spacial score (nSPS) is 19.3. The fraction of sp³-hybridized carbons (Fsp3) is 0.429. The number of nitrogens with zero attached hydrogens (tertiary/aromatic N) is 1. The van der Waals surface area contributed by atoms with Crippen LogP contribution < -0.4 is 5.32 Å². The van der Waals surface area contributed by atoms with Crippen molar-refractivity contribution in [1.29, 1.82) is 0 Å². The van der Waals surface area contributed by atoms with E-state index in [9.17, 15) is 9.59 Å². The number of carbonyl (C=O) groups excluding carboxylic acids is 1. The Balaban J connectivity index is 1.88. The first-order valence-electron chi connectivity index (χ1n) is 6.38. The first kappa shape index (κ1) is 13.5. The largest absolute Gasteiger partial charge is 0.478 e. The molecule has 1 aliphatic rings. The second kappa shape index (κ2) is 5.84. The number of likely N-dealkylation sites (N-methyl/N-ethyl adjacent to an activating group) is 1. The van der Waals surface area contributed by atoms with Crippen molar-refractivity contribution in [3.63, 3.8) is 0 Å². The number of amides is 1. The molecule has 1 aromatic carbocycles. The molecule has 0 bridgehead atoms. The van der Waals surface area contributed by atoms with Crippen LogP contribution in [0.4, 0.5) is 0 Å². The minimum atomic E-state index is -0.942. The summed E-state index contributed by atoms with van der Waals surface area (Å²) in [4.78, 5) is 24.7. The smallest absolute Gasteiger partial charge is 0.335 e. The number of nitrogens with one attached hydrogen (secondary N) is 1. The van der Waals surface area contributed by atoms with Gasteiger partial charge in [0.05, 0.1) is 11.6 Å². The molecule has 0 aliphatic carbocycles. The Labute approximate surface area is 112 Å². The molecule has 0 radical (unpaired) electrons. The van der Waals surface area contributed by atoms with E-state index in [-0.39, 0.29) is 17.5 Å². The molecule has 5 nitrogen and oxygen atoms in total. The number of likely N-dealkylation sites (tertiary alicyclic amines) is 1. The molecule has 1 fully saturated rings. The summed E-state index contributed by atoms with van der Waals surface area (Å²) in [5.41, 5.74) is 1.16. The average Bonchev–Trinajstić information content (AvgIpc) is 2.83. The quantitative estimate of drug-likeness (QED) is 0.852. The van der Waals surface area contributed by atoms with Gasteiger partial charge in [0.15, 0.2) is 0 Å². The van der Waals surface area contributed by atoms with Crippen LogP contribution in [0.3, 0.4) is 0 Å². The molecule has 1 aromatic rings. The van der Waals surface area contributed by atoms with Crippen molar-refractivity contribution in [2.24, 2.45) is 0 Å². The second-order valence-electron chi connectivity index (χ2n) is 4.86. The molecule has 0 spiro atoms. The highest BCUT2D eigenvalue weighted by Crippen LogP contribution is 2.14. The second-order valence-corrected chi connectivity index (χ2v) is 4.86. The van der Waals surface area contributed by atoms with Crippen LogP contribution in [0, 0.1) is 0 Å². The highest BCUT2D eigenvalue weighted by molar-refractivity contribution is 5.87. The highest BCUT2D eigenvalue weighted by Gasteiger charge is 2.27. The SMILES string of the molecule is CN1CCC[C@H]1C(=O)NCc1ccc(C(=O)O)cc1. The highest BCUT2D eigenvalue weighted by atomic mass is 16.4. The van der Waals surface area contributed by atoms with Crippen molar-refractivity contribution >= 4 is 11.9 Å². The van der Waals surface area contributed by atoms with Crippen LogP contribution in [0.1, 0.15) is 28.8 Å². The number of carboxylic acid groups (broad SMARTS) is 1. The first-order valence-corrected chi connectivity index (χ1v) is 6.38. The zero-order chi connectivity index (χ0) is 13.8. The zero-order valence-electron chi connectivity index (χ0n) is 10.9. The molecule has 1 saturated heterocycles. The summed E-state index contributed by atoms with van der Waals surface area (Å²) in [7, 11) is 1.96. The van der Waals surface area contributed by atoms with Gasteiger partial charge in [-0.2, -0.15) is 0 Å². The third kappa shape index (κ3) is 3.32.